The third kappa shape index (κ3) is 5.34. The second kappa shape index (κ2) is 8.61. The van der Waals surface area contributed by atoms with E-state index in [2.05, 4.69) is 21.9 Å². The van der Waals surface area contributed by atoms with E-state index < -0.39 is 0 Å². The van der Waals surface area contributed by atoms with Crippen LogP contribution < -0.4 is 10.7 Å². The van der Waals surface area contributed by atoms with E-state index in [0.29, 0.717) is 16.4 Å². The average molecular weight is 334 g/mol. The molecule has 0 bridgehead atoms. The van der Waals surface area contributed by atoms with Gasteiger partial charge in [0.15, 0.2) is 5.11 Å². The summed E-state index contributed by atoms with van der Waals surface area (Å²) < 4.78 is 0. The molecule has 0 aromatic heterocycles. The van der Waals surface area contributed by atoms with Gasteiger partial charge in [0.05, 0.1) is 11.3 Å². The second-order valence-electron chi connectivity index (χ2n) is 5.21. The monoisotopic (exact) mass is 334 g/mol. The molecule has 2 aromatic carbocycles. The number of benzene rings is 2. The van der Waals surface area contributed by atoms with Gasteiger partial charge in [-0.3, -0.25) is 5.43 Å². The third-order valence-corrected chi connectivity index (χ3v) is 3.45. The number of hydrogen-bond acceptors (Lipinski definition) is 3. The zero-order valence-corrected chi connectivity index (χ0v) is 14.4. The molecule has 2 aromatic rings. The van der Waals surface area contributed by atoms with Crippen LogP contribution in [0.5, 0.6) is 0 Å². The van der Waals surface area contributed by atoms with Crippen molar-refractivity contribution in [3.8, 4) is 6.07 Å². The highest BCUT2D eigenvalue weighted by molar-refractivity contribution is 7.80. The van der Waals surface area contributed by atoms with Gasteiger partial charge in [0.1, 0.15) is 6.07 Å². The molecule has 0 saturated heterocycles. The molecule has 0 aliphatic rings. The normalized spacial score (nSPS) is 11.5. The fraction of sp³-hybridized carbons (Fsp3) is 0.105. The smallest absolute Gasteiger partial charge is 0.191 e. The summed E-state index contributed by atoms with van der Waals surface area (Å²) in [6.07, 6.45) is 1.79. The Balaban J connectivity index is 2.01. The number of nitriles is 1. The first kappa shape index (κ1) is 17.4. The number of hydrazone groups is 1. The van der Waals surface area contributed by atoms with Crippen LogP contribution in [0, 0.1) is 18.3 Å². The van der Waals surface area contributed by atoms with Crippen LogP contribution in [0.3, 0.4) is 0 Å². The van der Waals surface area contributed by atoms with Gasteiger partial charge in [0.25, 0.3) is 0 Å². The molecule has 24 heavy (non-hydrogen) atoms. The molecule has 4 nitrogen and oxygen atoms in total. The summed E-state index contributed by atoms with van der Waals surface area (Å²) in [4.78, 5) is 0. The highest BCUT2D eigenvalue weighted by atomic mass is 32.1. The molecule has 0 amide bonds. The van der Waals surface area contributed by atoms with Crippen LogP contribution in [0.25, 0.3) is 6.08 Å². The topological polar surface area (TPSA) is 60.2 Å². The molecule has 5 heteroatoms. The van der Waals surface area contributed by atoms with Crippen molar-refractivity contribution in [3.63, 3.8) is 0 Å². The summed E-state index contributed by atoms with van der Waals surface area (Å²) in [5.74, 6) is 0. The second-order valence-corrected chi connectivity index (χ2v) is 5.62. The van der Waals surface area contributed by atoms with Crippen LogP contribution in [0.1, 0.15) is 18.1 Å². The standard InChI is InChI=1S/C19H18N4S/c1-14-8-10-18(11-9-14)21-19(24)23-22-15(2)17(13-20)12-16-6-4-3-5-7-16/h3-12H,1-2H3,(H2,21,23,24)/b17-12-,22-15+. The van der Waals surface area contributed by atoms with Gasteiger partial charge in [-0.05, 0) is 49.8 Å². The minimum atomic E-state index is 0.371. The van der Waals surface area contributed by atoms with Crippen molar-refractivity contribution in [1.82, 2.24) is 5.43 Å². The van der Waals surface area contributed by atoms with E-state index in [9.17, 15) is 5.26 Å². The van der Waals surface area contributed by atoms with Gasteiger partial charge in [-0.2, -0.15) is 10.4 Å². The largest absolute Gasteiger partial charge is 0.331 e. The van der Waals surface area contributed by atoms with Crippen molar-refractivity contribution >= 4 is 34.8 Å². The van der Waals surface area contributed by atoms with Gasteiger partial charge in [0.2, 0.25) is 0 Å². The summed E-state index contributed by atoms with van der Waals surface area (Å²) in [5, 5.41) is 16.9. The van der Waals surface area contributed by atoms with Crippen LogP contribution >= 0.6 is 12.2 Å². The van der Waals surface area contributed by atoms with Crippen LogP contribution in [0.4, 0.5) is 5.69 Å². The van der Waals surface area contributed by atoms with Crippen molar-refractivity contribution in [2.24, 2.45) is 5.10 Å². The van der Waals surface area contributed by atoms with E-state index in [1.807, 2.05) is 61.5 Å². The van der Waals surface area contributed by atoms with Crippen LogP contribution in [-0.4, -0.2) is 10.8 Å². The van der Waals surface area contributed by atoms with Crippen molar-refractivity contribution in [1.29, 1.82) is 5.26 Å². The number of thiocarbonyl (C=S) groups is 1. The fourth-order valence-electron chi connectivity index (χ4n) is 1.92. The van der Waals surface area contributed by atoms with Crippen molar-refractivity contribution < 1.29 is 0 Å². The summed E-state index contributed by atoms with van der Waals surface area (Å²) in [6, 6.07) is 19.7. The Morgan fingerprint density at radius 2 is 1.79 bits per heavy atom. The number of allylic oxidation sites excluding steroid dienone is 1. The molecule has 2 N–H and O–H groups in total. The minimum Gasteiger partial charge on any atom is -0.331 e. The number of nitrogens with zero attached hydrogens (tertiary/aromatic N) is 2. The molecule has 0 unspecified atom stereocenters. The first-order chi connectivity index (χ1) is 11.6. The molecule has 0 atom stereocenters. The lowest BCUT2D eigenvalue weighted by Gasteiger charge is -2.08. The molecular weight excluding hydrogens is 316 g/mol. The summed E-state index contributed by atoms with van der Waals surface area (Å²) in [7, 11) is 0. The quantitative estimate of drug-likeness (QED) is 0.379. The fourth-order valence-corrected chi connectivity index (χ4v) is 2.09. The minimum absolute atomic E-state index is 0.371. The van der Waals surface area contributed by atoms with Gasteiger partial charge < -0.3 is 5.32 Å². The number of anilines is 1. The van der Waals surface area contributed by atoms with Gasteiger partial charge >= 0.3 is 0 Å². The molecule has 2 rings (SSSR count). The van der Waals surface area contributed by atoms with E-state index in [4.69, 9.17) is 12.2 Å². The molecule has 0 spiro atoms. The molecule has 0 aliphatic carbocycles. The van der Waals surface area contributed by atoms with Gasteiger partial charge in [0, 0.05) is 5.69 Å². The van der Waals surface area contributed by atoms with Crippen LogP contribution in [0.2, 0.25) is 0 Å². The zero-order chi connectivity index (χ0) is 17.4. The van der Waals surface area contributed by atoms with Crippen molar-refractivity contribution in [2.45, 2.75) is 13.8 Å². The van der Waals surface area contributed by atoms with Crippen molar-refractivity contribution in [2.75, 3.05) is 5.32 Å². The summed E-state index contributed by atoms with van der Waals surface area (Å²) in [5.41, 5.74) is 6.81. The average Bonchev–Trinajstić information content (AvgIpc) is 2.60. The predicted molar refractivity (Wildman–Crippen MR) is 104 cm³/mol. The predicted octanol–water partition coefficient (Wildman–Crippen LogP) is 4.26. The maximum absolute atomic E-state index is 9.31. The van der Waals surface area contributed by atoms with Gasteiger partial charge in [-0.1, -0.05) is 48.0 Å². The highest BCUT2D eigenvalue weighted by Crippen LogP contribution is 2.09. The van der Waals surface area contributed by atoms with E-state index >= 15 is 0 Å². The summed E-state index contributed by atoms with van der Waals surface area (Å²) in [6.45, 7) is 3.79. The Morgan fingerprint density at radius 1 is 1.12 bits per heavy atom. The zero-order valence-electron chi connectivity index (χ0n) is 13.6. The Hall–Kier alpha value is -2.97. The first-order valence-corrected chi connectivity index (χ1v) is 7.84. The van der Waals surface area contributed by atoms with E-state index in [0.717, 1.165) is 11.3 Å². The molecule has 0 radical (unpaired) electrons. The Kier molecular flexibility index (Phi) is 6.23. The Bertz CT molecular complexity index is 800. The number of hydrogen-bond donors (Lipinski definition) is 2. The van der Waals surface area contributed by atoms with Crippen LogP contribution in [-0.2, 0) is 0 Å². The molecule has 0 heterocycles. The lowest BCUT2D eigenvalue weighted by molar-refractivity contribution is 1.04. The van der Waals surface area contributed by atoms with Crippen LogP contribution in [0.15, 0.2) is 65.3 Å². The molecular formula is C19H18N4S. The first-order valence-electron chi connectivity index (χ1n) is 7.43. The molecule has 120 valence electrons. The van der Waals surface area contributed by atoms with Gasteiger partial charge in [-0.25, -0.2) is 0 Å². The molecule has 0 aliphatic heterocycles. The number of aryl methyl sites for hydroxylation is 1. The Morgan fingerprint density at radius 3 is 2.42 bits per heavy atom. The number of nitrogens with one attached hydrogen (secondary N) is 2. The lowest BCUT2D eigenvalue weighted by atomic mass is 10.1. The maximum Gasteiger partial charge on any atom is 0.191 e. The number of rotatable bonds is 4. The van der Waals surface area contributed by atoms with E-state index in [-0.39, 0.29) is 0 Å². The van der Waals surface area contributed by atoms with Crippen molar-refractivity contribution in [3.05, 3.63) is 71.3 Å². The van der Waals surface area contributed by atoms with Gasteiger partial charge in [-0.15, -0.1) is 0 Å². The highest BCUT2D eigenvalue weighted by Gasteiger charge is 2.02. The van der Waals surface area contributed by atoms with E-state index in [1.165, 1.54) is 5.56 Å². The van der Waals surface area contributed by atoms with E-state index in [1.54, 1.807) is 13.0 Å². The lowest BCUT2D eigenvalue weighted by Crippen LogP contribution is -2.25. The SMILES string of the molecule is CC(=N\NC(=S)Nc1ccc(C)cc1)/C(C#N)=C\c1ccccc1. The Labute approximate surface area is 147 Å². The molecule has 0 saturated carbocycles. The maximum atomic E-state index is 9.31. The third-order valence-electron chi connectivity index (χ3n) is 3.26. The summed E-state index contributed by atoms with van der Waals surface area (Å²) >= 11 is 5.21. The molecule has 0 fully saturated rings.